The average molecular weight is 193 g/mol. The van der Waals surface area contributed by atoms with Gasteiger partial charge in [0.25, 0.3) is 0 Å². The van der Waals surface area contributed by atoms with E-state index in [-0.39, 0.29) is 17.2 Å². The second-order valence-electron chi connectivity index (χ2n) is 3.23. The zero-order valence-electron chi connectivity index (χ0n) is 7.10. The van der Waals surface area contributed by atoms with Crippen LogP contribution in [0.15, 0.2) is 30.3 Å². The van der Waals surface area contributed by atoms with Crippen molar-refractivity contribution in [2.24, 2.45) is 0 Å². The van der Waals surface area contributed by atoms with Gasteiger partial charge < -0.3 is 5.32 Å². The van der Waals surface area contributed by atoms with E-state index in [1.54, 1.807) is 0 Å². The van der Waals surface area contributed by atoms with Gasteiger partial charge >= 0.3 is 0 Å². The highest BCUT2D eigenvalue weighted by molar-refractivity contribution is 7.80. The number of amides is 1. The van der Waals surface area contributed by atoms with Gasteiger partial charge in [-0.1, -0.05) is 30.3 Å². The smallest absolute Gasteiger partial charge is 0.222 e. The Morgan fingerprint density at radius 2 is 2.00 bits per heavy atom. The summed E-state index contributed by atoms with van der Waals surface area (Å²) in [7, 11) is 0. The summed E-state index contributed by atoms with van der Waals surface area (Å²) >= 11 is 4.47. The normalized spacial score (nSPS) is 23.2. The Labute approximate surface area is 82.8 Å². The lowest BCUT2D eigenvalue weighted by atomic mass is 9.97. The van der Waals surface area contributed by atoms with E-state index in [1.807, 2.05) is 30.3 Å². The molecule has 1 N–H and O–H groups in total. The van der Waals surface area contributed by atoms with E-state index < -0.39 is 0 Å². The Morgan fingerprint density at radius 1 is 1.38 bits per heavy atom. The molecule has 2 atom stereocenters. The van der Waals surface area contributed by atoms with Gasteiger partial charge in [0.1, 0.15) is 0 Å². The van der Waals surface area contributed by atoms with Gasteiger partial charge in [0, 0.05) is 11.7 Å². The molecule has 3 heteroatoms. The Kier molecular flexibility index (Phi) is 2.27. The molecule has 1 aromatic rings. The summed E-state index contributed by atoms with van der Waals surface area (Å²) in [6.07, 6.45) is 0.600. The van der Waals surface area contributed by atoms with Crippen molar-refractivity contribution in [3.63, 3.8) is 0 Å². The van der Waals surface area contributed by atoms with Crippen molar-refractivity contribution >= 4 is 18.5 Å². The van der Waals surface area contributed by atoms with Gasteiger partial charge in [0.05, 0.1) is 6.04 Å². The number of benzene rings is 1. The third-order valence-corrected chi connectivity index (χ3v) is 2.93. The van der Waals surface area contributed by atoms with Crippen LogP contribution in [0.3, 0.4) is 0 Å². The highest BCUT2D eigenvalue weighted by Crippen LogP contribution is 2.28. The molecule has 1 aromatic carbocycles. The molecule has 1 heterocycles. The van der Waals surface area contributed by atoms with Crippen molar-refractivity contribution in [3.05, 3.63) is 35.9 Å². The second kappa shape index (κ2) is 3.42. The highest BCUT2D eigenvalue weighted by Gasteiger charge is 2.31. The second-order valence-corrected chi connectivity index (χ2v) is 3.79. The van der Waals surface area contributed by atoms with Crippen LogP contribution in [0.5, 0.6) is 0 Å². The van der Waals surface area contributed by atoms with Crippen molar-refractivity contribution in [3.8, 4) is 0 Å². The summed E-state index contributed by atoms with van der Waals surface area (Å²) in [6, 6.07) is 10.2. The fraction of sp³-hybridized carbons (Fsp3) is 0.300. The summed E-state index contributed by atoms with van der Waals surface area (Å²) < 4.78 is 0. The Bertz CT molecular complexity index is 304. The Balaban J connectivity index is 2.06. The van der Waals surface area contributed by atoms with E-state index in [9.17, 15) is 4.79 Å². The fourth-order valence-corrected chi connectivity index (χ4v) is 1.81. The lowest BCUT2D eigenvalue weighted by Crippen LogP contribution is -2.50. The van der Waals surface area contributed by atoms with Crippen molar-refractivity contribution in [1.29, 1.82) is 0 Å². The van der Waals surface area contributed by atoms with Crippen LogP contribution in [-0.4, -0.2) is 11.9 Å². The maximum absolute atomic E-state index is 10.7. The third kappa shape index (κ3) is 1.70. The van der Waals surface area contributed by atoms with Crippen LogP contribution in [-0.2, 0) is 4.79 Å². The van der Waals surface area contributed by atoms with Crippen LogP contribution in [0.25, 0.3) is 0 Å². The number of carbonyl (C=O) groups is 1. The van der Waals surface area contributed by atoms with E-state index in [0.717, 1.165) is 5.56 Å². The number of hydrogen-bond acceptors (Lipinski definition) is 2. The summed E-state index contributed by atoms with van der Waals surface area (Å²) in [5.74, 6) is 0.125. The first-order chi connectivity index (χ1) is 6.27. The first-order valence-electron chi connectivity index (χ1n) is 4.30. The van der Waals surface area contributed by atoms with Gasteiger partial charge in [0.2, 0.25) is 5.91 Å². The minimum Gasteiger partial charge on any atom is -0.351 e. The van der Waals surface area contributed by atoms with E-state index >= 15 is 0 Å². The highest BCUT2D eigenvalue weighted by atomic mass is 32.1. The Hall–Kier alpha value is -0.960. The molecule has 0 radical (unpaired) electrons. The summed E-state index contributed by atoms with van der Waals surface area (Å²) in [5.41, 5.74) is 1.16. The minimum atomic E-state index is 0.124. The van der Waals surface area contributed by atoms with Crippen molar-refractivity contribution < 1.29 is 4.79 Å². The molecule has 1 amide bonds. The molecule has 0 bridgehead atoms. The number of rotatable bonds is 2. The first-order valence-corrected chi connectivity index (χ1v) is 4.81. The van der Waals surface area contributed by atoms with E-state index in [1.165, 1.54) is 0 Å². The van der Waals surface area contributed by atoms with Crippen molar-refractivity contribution in [2.75, 3.05) is 0 Å². The van der Waals surface area contributed by atoms with Gasteiger partial charge in [-0.2, -0.15) is 12.6 Å². The molecule has 13 heavy (non-hydrogen) atoms. The molecular formula is C10H11NOS. The number of thiol groups is 1. The number of carbonyl (C=O) groups excluding carboxylic acids is 1. The third-order valence-electron chi connectivity index (χ3n) is 2.27. The monoisotopic (exact) mass is 193 g/mol. The topological polar surface area (TPSA) is 29.1 Å². The van der Waals surface area contributed by atoms with Crippen LogP contribution >= 0.6 is 12.6 Å². The van der Waals surface area contributed by atoms with Gasteiger partial charge in [0.15, 0.2) is 0 Å². The molecule has 0 spiro atoms. The quantitative estimate of drug-likeness (QED) is 0.541. The van der Waals surface area contributed by atoms with Crippen molar-refractivity contribution in [2.45, 2.75) is 17.7 Å². The van der Waals surface area contributed by atoms with Gasteiger partial charge in [-0.05, 0) is 5.56 Å². The molecule has 0 aromatic heterocycles. The first kappa shape index (κ1) is 8.63. The van der Waals surface area contributed by atoms with Crippen LogP contribution in [0.1, 0.15) is 17.2 Å². The van der Waals surface area contributed by atoms with E-state index in [4.69, 9.17) is 0 Å². The molecule has 68 valence electrons. The number of nitrogens with one attached hydrogen (secondary N) is 1. The van der Waals surface area contributed by atoms with Crippen LogP contribution < -0.4 is 5.32 Å². The van der Waals surface area contributed by atoms with E-state index in [0.29, 0.717) is 6.42 Å². The minimum absolute atomic E-state index is 0.124. The number of β-lactam (4-membered cyclic amide) rings is 1. The molecule has 2 rings (SSSR count). The predicted molar refractivity (Wildman–Crippen MR) is 54.7 cm³/mol. The standard InChI is InChI=1S/C10H11NOS/c12-9-6-8(11-9)10(13)7-4-2-1-3-5-7/h1-5,8,10,13H,6H2,(H,11,12)/t8?,10-/m1/s1. The largest absolute Gasteiger partial charge is 0.351 e. The summed E-state index contributed by atoms with van der Waals surface area (Å²) in [4.78, 5) is 10.7. The maximum atomic E-state index is 10.7. The zero-order chi connectivity index (χ0) is 9.26. The van der Waals surface area contributed by atoms with Gasteiger partial charge in [-0.15, -0.1) is 0 Å². The van der Waals surface area contributed by atoms with Crippen molar-refractivity contribution in [1.82, 2.24) is 5.32 Å². The molecule has 0 aliphatic carbocycles. The average Bonchev–Trinajstić information content (AvgIpc) is 2.13. The molecule has 0 saturated carbocycles. The molecule has 1 unspecified atom stereocenters. The van der Waals surface area contributed by atoms with Gasteiger partial charge in [-0.3, -0.25) is 4.79 Å². The molecule has 1 fully saturated rings. The van der Waals surface area contributed by atoms with Crippen LogP contribution in [0.2, 0.25) is 0 Å². The molecule has 2 nitrogen and oxygen atoms in total. The lowest BCUT2D eigenvalue weighted by Gasteiger charge is -2.31. The predicted octanol–water partition coefficient (Wildman–Crippen LogP) is 1.55. The van der Waals surface area contributed by atoms with Crippen LogP contribution in [0, 0.1) is 0 Å². The summed E-state index contributed by atoms with van der Waals surface area (Å²) in [6.45, 7) is 0. The molecule has 1 saturated heterocycles. The zero-order valence-corrected chi connectivity index (χ0v) is 8.00. The van der Waals surface area contributed by atoms with E-state index in [2.05, 4.69) is 17.9 Å². The maximum Gasteiger partial charge on any atom is 0.222 e. The summed E-state index contributed by atoms with van der Waals surface area (Å²) in [5, 5.41) is 2.95. The molecular weight excluding hydrogens is 182 g/mol. The fourth-order valence-electron chi connectivity index (χ4n) is 1.46. The molecule has 1 aliphatic heterocycles. The Morgan fingerprint density at radius 3 is 2.54 bits per heavy atom. The number of hydrogen-bond donors (Lipinski definition) is 2. The SMILES string of the molecule is O=C1CC([C@H](S)c2ccccc2)N1. The van der Waals surface area contributed by atoms with Crippen LogP contribution in [0.4, 0.5) is 0 Å². The lowest BCUT2D eigenvalue weighted by molar-refractivity contribution is -0.128. The van der Waals surface area contributed by atoms with Gasteiger partial charge in [-0.25, -0.2) is 0 Å². The molecule has 1 aliphatic rings.